The Morgan fingerprint density at radius 3 is 2.52 bits per heavy atom. The lowest BCUT2D eigenvalue weighted by molar-refractivity contribution is 0.617. The van der Waals surface area contributed by atoms with Gasteiger partial charge in [0.25, 0.3) is 0 Å². The molecule has 2 rings (SSSR count). The summed E-state index contributed by atoms with van der Waals surface area (Å²) in [5.41, 5.74) is 7.55. The second kappa shape index (κ2) is 7.52. The number of nitrogens with two attached hydrogens (primary N) is 1. The average Bonchev–Trinajstić information content (AvgIpc) is 2.48. The monoisotopic (exact) mass is 366 g/mol. The standard InChI is InChI=1S/C16H16BrFN2S/c17-16-12(5-4-8-14(16)18)11-20(10-9-15(19)21)13-6-2-1-3-7-13/h1-8H,9-11H2,(H2,19,21). The lowest BCUT2D eigenvalue weighted by Crippen LogP contribution is -2.27. The van der Waals surface area contributed by atoms with E-state index in [9.17, 15) is 4.39 Å². The van der Waals surface area contributed by atoms with Crippen LogP contribution in [-0.2, 0) is 6.54 Å². The van der Waals surface area contributed by atoms with Gasteiger partial charge in [-0.15, -0.1) is 0 Å². The highest BCUT2D eigenvalue weighted by Crippen LogP contribution is 2.24. The number of benzene rings is 2. The molecule has 2 aromatic rings. The molecule has 0 unspecified atom stereocenters. The molecule has 0 aliphatic carbocycles. The third-order valence-electron chi connectivity index (χ3n) is 3.14. The molecule has 5 heteroatoms. The molecular formula is C16H16BrFN2S. The molecule has 0 heterocycles. The highest BCUT2D eigenvalue weighted by atomic mass is 79.9. The van der Waals surface area contributed by atoms with Crippen LogP contribution in [0.5, 0.6) is 0 Å². The van der Waals surface area contributed by atoms with Crippen LogP contribution in [0.3, 0.4) is 0 Å². The van der Waals surface area contributed by atoms with Gasteiger partial charge in [0.15, 0.2) is 0 Å². The first-order valence-corrected chi connectivity index (χ1v) is 7.79. The van der Waals surface area contributed by atoms with E-state index in [2.05, 4.69) is 20.8 Å². The quantitative estimate of drug-likeness (QED) is 0.774. The third kappa shape index (κ3) is 4.51. The van der Waals surface area contributed by atoms with Crippen LogP contribution >= 0.6 is 28.1 Å². The summed E-state index contributed by atoms with van der Waals surface area (Å²) < 4.78 is 14.1. The molecule has 2 nitrogen and oxygen atoms in total. The van der Waals surface area contributed by atoms with Crippen LogP contribution in [0, 0.1) is 5.82 Å². The van der Waals surface area contributed by atoms with Crippen LogP contribution in [0.25, 0.3) is 0 Å². The molecule has 0 amide bonds. The predicted octanol–water partition coefficient (Wildman–Crippen LogP) is 4.27. The van der Waals surface area contributed by atoms with E-state index in [0.717, 1.165) is 11.3 Å². The fraction of sp³-hybridized carbons (Fsp3) is 0.188. The molecule has 21 heavy (non-hydrogen) atoms. The normalized spacial score (nSPS) is 10.4. The van der Waals surface area contributed by atoms with Crippen molar-refractivity contribution >= 4 is 38.8 Å². The fourth-order valence-electron chi connectivity index (χ4n) is 2.06. The van der Waals surface area contributed by atoms with Gasteiger partial charge in [0.1, 0.15) is 5.82 Å². The third-order valence-corrected chi connectivity index (χ3v) is 4.23. The number of rotatable bonds is 6. The second-order valence-corrected chi connectivity index (χ2v) is 6.00. The van der Waals surface area contributed by atoms with Gasteiger partial charge in [-0.05, 0) is 39.7 Å². The number of halogens is 2. The van der Waals surface area contributed by atoms with Crippen molar-refractivity contribution in [2.24, 2.45) is 5.73 Å². The first kappa shape index (κ1) is 15.9. The molecule has 110 valence electrons. The van der Waals surface area contributed by atoms with Crippen LogP contribution < -0.4 is 10.6 Å². The van der Waals surface area contributed by atoms with E-state index in [4.69, 9.17) is 18.0 Å². The topological polar surface area (TPSA) is 29.3 Å². The maximum atomic E-state index is 13.6. The fourth-order valence-corrected chi connectivity index (χ4v) is 2.54. The summed E-state index contributed by atoms with van der Waals surface area (Å²) in [6, 6.07) is 15.0. The van der Waals surface area contributed by atoms with Gasteiger partial charge in [-0.3, -0.25) is 0 Å². The van der Waals surface area contributed by atoms with Crippen molar-refractivity contribution in [1.82, 2.24) is 0 Å². The zero-order valence-electron chi connectivity index (χ0n) is 11.4. The van der Waals surface area contributed by atoms with Crippen molar-refractivity contribution < 1.29 is 4.39 Å². The number of anilines is 1. The number of hydrogen-bond donors (Lipinski definition) is 1. The minimum absolute atomic E-state index is 0.255. The van der Waals surface area contributed by atoms with Gasteiger partial charge >= 0.3 is 0 Å². The first-order valence-electron chi connectivity index (χ1n) is 6.59. The maximum absolute atomic E-state index is 13.6. The largest absolute Gasteiger partial charge is 0.393 e. The lowest BCUT2D eigenvalue weighted by Gasteiger charge is -2.25. The average molecular weight is 367 g/mol. The molecule has 0 aliphatic heterocycles. The zero-order chi connectivity index (χ0) is 15.2. The molecule has 0 aromatic heterocycles. The molecule has 0 aliphatic rings. The minimum atomic E-state index is -0.255. The van der Waals surface area contributed by atoms with E-state index in [1.54, 1.807) is 6.07 Å². The molecule has 0 spiro atoms. The highest BCUT2D eigenvalue weighted by molar-refractivity contribution is 9.10. The van der Waals surface area contributed by atoms with Gasteiger partial charge in [-0.1, -0.05) is 42.5 Å². The Balaban J connectivity index is 2.23. The summed E-state index contributed by atoms with van der Waals surface area (Å²) in [6.07, 6.45) is 0.622. The summed E-state index contributed by atoms with van der Waals surface area (Å²) in [5, 5.41) is 0. The second-order valence-electron chi connectivity index (χ2n) is 4.69. The van der Waals surface area contributed by atoms with E-state index >= 15 is 0 Å². The molecule has 0 radical (unpaired) electrons. The van der Waals surface area contributed by atoms with Crippen molar-refractivity contribution in [2.75, 3.05) is 11.4 Å². The zero-order valence-corrected chi connectivity index (χ0v) is 13.8. The van der Waals surface area contributed by atoms with Gasteiger partial charge in [0, 0.05) is 25.2 Å². The van der Waals surface area contributed by atoms with Gasteiger partial charge in [0.2, 0.25) is 0 Å². The summed E-state index contributed by atoms with van der Waals surface area (Å²) >= 11 is 8.27. The summed E-state index contributed by atoms with van der Waals surface area (Å²) in [5.74, 6) is -0.255. The Morgan fingerprint density at radius 1 is 1.14 bits per heavy atom. The summed E-state index contributed by atoms with van der Waals surface area (Å²) in [4.78, 5) is 2.62. The number of hydrogen-bond acceptors (Lipinski definition) is 2. The van der Waals surface area contributed by atoms with Crippen LogP contribution in [-0.4, -0.2) is 11.5 Å². The van der Waals surface area contributed by atoms with E-state index in [1.807, 2.05) is 36.4 Å². The van der Waals surface area contributed by atoms with Gasteiger partial charge in [0.05, 0.1) is 9.46 Å². The van der Waals surface area contributed by atoms with Gasteiger partial charge < -0.3 is 10.6 Å². The lowest BCUT2D eigenvalue weighted by atomic mass is 10.2. The molecular weight excluding hydrogens is 351 g/mol. The van der Waals surface area contributed by atoms with Crippen LogP contribution in [0.4, 0.5) is 10.1 Å². The minimum Gasteiger partial charge on any atom is -0.393 e. The van der Waals surface area contributed by atoms with Crippen molar-refractivity contribution in [1.29, 1.82) is 0 Å². The van der Waals surface area contributed by atoms with E-state index in [1.165, 1.54) is 6.07 Å². The number of thiocarbonyl (C=S) groups is 1. The van der Waals surface area contributed by atoms with Crippen molar-refractivity contribution in [3.05, 3.63) is 64.4 Å². The maximum Gasteiger partial charge on any atom is 0.137 e. The Morgan fingerprint density at radius 2 is 1.86 bits per heavy atom. The predicted molar refractivity (Wildman–Crippen MR) is 93.0 cm³/mol. The molecule has 2 aromatic carbocycles. The van der Waals surface area contributed by atoms with Crippen molar-refractivity contribution in [2.45, 2.75) is 13.0 Å². The molecule has 0 fully saturated rings. The number of nitrogens with zero attached hydrogens (tertiary/aromatic N) is 1. The smallest absolute Gasteiger partial charge is 0.137 e. The summed E-state index contributed by atoms with van der Waals surface area (Å²) in [7, 11) is 0. The molecule has 0 bridgehead atoms. The Hall–Kier alpha value is -1.46. The molecule has 0 saturated heterocycles. The molecule has 0 saturated carbocycles. The van der Waals surface area contributed by atoms with Gasteiger partial charge in [-0.25, -0.2) is 4.39 Å². The van der Waals surface area contributed by atoms with Crippen LogP contribution in [0.15, 0.2) is 53.0 Å². The van der Waals surface area contributed by atoms with Crippen molar-refractivity contribution in [3.8, 4) is 0 Å². The molecule has 2 N–H and O–H groups in total. The Kier molecular flexibility index (Phi) is 5.70. The Labute approximate surface area is 137 Å². The van der Waals surface area contributed by atoms with Crippen molar-refractivity contribution in [3.63, 3.8) is 0 Å². The van der Waals surface area contributed by atoms with Crippen LogP contribution in [0.2, 0.25) is 0 Å². The number of para-hydroxylation sites is 1. The SMILES string of the molecule is NC(=S)CCN(Cc1cccc(F)c1Br)c1ccccc1. The summed E-state index contributed by atoms with van der Waals surface area (Å²) in [6.45, 7) is 1.28. The first-order chi connectivity index (χ1) is 10.1. The Bertz CT molecular complexity index is 619. The van der Waals surface area contributed by atoms with E-state index in [-0.39, 0.29) is 5.82 Å². The van der Waals surface area contributed by atoms with E-state index < -0.39 is 0 Å². The van der Waals surface area contributed by atoms with Crippen LogP contribution in [0.1, 0.15) is 12.0 Å². The highest BCUT2D eigenvalue weighted by Gasteiger charge is 2.11. The molecule has 0 atom stereocenters. The van der Waals surface area contributed by atoms with Gasteiger partial charge in [-0.2, -0.15) is 0 Å². The van der Waals surface area contributed by atoms with E-state index in [0.29, 0.717) is 29.0 Å².